The average Bonchev–Trinajstić information content (AvgIpc) is 2.84. The molecule has 1 aliphatic rings. The van der Waals surface area contributed by atoms with Crippen LogP contribution in [0.3, 0.4) is 0 Å². The van der Waals surface area contributed by atoms with Crippen molar-refractivity contribution in [2.24, 2.45) is 0 Å². The van der Waals surface area contributed by atoms with Gasteiger partial charge in [-0.25, -0.2) is 0 Å². The van der Waals surface area contributed by atoms with Gasteiger partial charge in [-0.1, -0.05) is 38.4 Å². The van der Waals surface area contributed by atoms with Gasteiger partial charge in [0.2, 0.25) is 0 Å². The van der Waals surface area contributed by atoms with Gasteiger partial charge in [0.25, 0.3) is 0 Å². The molecule has 0 amide bonds. The van der Waals surface area contributed by atoms with Gasteiger partial charge in [-0.15, -0.1) is 0 Å². The summed E-state index contributed by atoms with van der Waals surface area (Å²) in [4.78, 5) is 0. The smallest absolute Gasteiger partial charge is 0.138 e. The predicted octanol–water partition coefficient (Wildman–Crippen LogP) is 3.77. The molecule has 1 atom stereocenters. The summed E-state index contributed by atoms with van der Waals surface area (Å²) in [5.41, 5.74) is 1.43. The Balaban J connectivity index is 2.14. The Kier molecular flexibility index (Phi) is 4.18. The number of benzene rings is 1. The molecule has 1 N–H and O–H groups in total. The fourth-order valence-corrected chi connectivity index (χ4v) is 2.35. The highest BCUT2D eigenvalue weighted by molar-refractivity contribution is 6.32. The van der Waals surface area contributed by atoms with Crippen molar-refractivity contribution in [3.8, 4) is 5.75 Å². The Hall–Kier alpha value is -0.730. The van der Waals surface area contributed by atoms with E-state index in [-0.39, 0.29) is 11.5 Å². The van der Waals surface area contributed by atoms with Gasteiger partial charge in [0.1, 0.15) is 11.9 Å². The highest BCUT2D eigenvalue weighted by atomic mass is 35.5. The number of halogens is 1. The first-order valence-corrected chi connectivity index (χ1v) is 7.08. The molecule has 0 spiro atoms. The van der Waals surface area contributed by atoms with Gasteiger partial charge in [-0.3, -0.25) is 0 Å². The largest absolute Gasteiger partial charge is 0.487 e. The number of hydrogen-bond donors (Lipinski definition) is 1. The number of rotatable bonds is 4. The topological polar surface area (TPSA) is 21.3 Å². The van der Waals surface area contributed by atoms with Crippen LogP contribution in [-0.2, 0) is 5.41 Å². The highest BCUT2D eigenvalue weighted by Gasteiger charge is 2.21. The van der Waals surface area contributed by atoms with E-state index in [0.717, 1.165) is 36.7 Å². The van der Waals surface area contributed by atoms with E-state index < -0.39 is 0 Å². The van der Waals surface area contributed by atoms with Crippen molar-refractivity contribution in [2.75, 3.05) is 13.1 Å². The fourth-order valence-electron chi connectivity index (χ4n) is 2.13. The van der Waals surface area contributed by atoms with E-state index in [1.165, 1.54) is 5.56 Å². The van der Waals surface area contributed by atoms with Crippen molar-refractivity contribution in [3.05, 3.63) is 28.8 Å². The molecule has 1 aromatic rings. The molecule has 2 nitrogen and oxygen atoms in total. The highest BCUT2D eigenvalue weighted by Crippen LogP contribution is 2.33. The molecule has 18 heavy (non-hydrogen) atoms. The van der Waals surface area contributed by atoms with E-state index >= 15 is 0 Å². The summed E-state index contributed by atoms with van der Waals surface area (Å²) in [5, 5.41) is 4.01. The molecule has 0 bridgehead atoms. The fraction of sp³-hybridized carbons (Fsp3) is 0.600. The number of nitrogens with one attached hydrogen (secondary N) is 1. The van der Waals surface area contributed by atoms with Gasteiger partial charge < -0.3 is 10.1 Å². The van der Waals surface area contributed by atoms with Crippen molar-refractivity contribution < 1.29 is 4.74 Å². The van der Waals surface area contributed by atoms with Crippen molar-refractivity contribution >= 4 is 11.6 Å². The molecule has 1 heterocycles. The van der Waals surface area contributed by atoms with E-state index in [2.05, 4.69) is 32.2 Å². The first kappa shape index (κ1) is 13.7. The monoisotopic (exact) mass is 267 g/mol. The van der Waals surface area contributed by atoms with Gasteiger partial charge >= 0.3 is 0 Å². The number of hydrogen-bond acceptors (Lipinski definition) is 2. The third kappa shape index (κ3) is 2.99. The van der Waals surface area contributed by atoms with Crippen LogP contribution in [0.2, 0.25) is 5.02 Å². The summed E-state index contributed by atoms with van der Waals surface area (Å²) in [7, 11) is 0. The quantitative estimate of drug-likeness (QED) is 0.897. The second kappa shape index (κ2) is 5.50. The van der Waals surface area contributed by atoms with Crippen LogP contribution < -0.4 is 10.1 Å². The molecule has 0 unspecified atom stereocenters. The summed E-state index contributed by atoms with van der Waals surface area (Å²) in [6.07, 6.45) is 2.40. The first-order valence-electron chi connectivity index (χ1n) is 6.70. The van der Waals surface area contributed by atoms with Crippen molar-refractivity contribution in [1.82, 2.24) is 5.32 Å². The zero-order chi connectivity index (χ0) is 13.2. The zero-order valence-electron chi connectivity index (χ0n) is 11.4. The van der Waals surface area contributed by atoms with Crippen LogP contribution in [0.15, 0.2) is 18.2 Å². The summed E-state index contributed by atoms with van der Waals surface area (Å²) in [6.45, 7) is 8.62. The van der Waals surface area contributed by atoms with Crippen LogP contribution in [0.1, 0.15) is 39.2 Å². The van der Waals surface area contributed by atoms with Crippen LogP contribution in [0.5, 0.6) is 5.75 Å². The maximum absolute atomic E-state index is 6.33. The van der Waals surface area contributed by atoms with Crippen molar-refractivity contribution in [1.29, 1.82) is 0 Å². The molecular formula is C15H22ClNO. The molecule has 0 aromatic heterocycles. The van der Waals surface area contributed by atoms with Gasteiger partial charge in [0, 0.05) is 6.54 Å². The lowest BCUT2D eigenvalue weighted by Gasteiger charge is -2.24. The molecule has 0 saturated carbocycles. The molecule has 0 aliphatic carbocycles. The molecular weight excluding hydrogens is 246 g/mol. The van der Waals surface area contributed by atoms with Crippen molar-refractivity contribution in [2.45, 2.75) is 45.1 Å². The zero-order valence-corrected chi connectivity index (χ0v) is 12.2. The molecule has 1 aliphatic heterocycles. The Labute approximate surface area is 115 Å². The minimum absolute atomic E-state index is 0.164. The molecule has 0 radical (unpaired) electrons. The Bertz CT molecular complexity index is 411. The van der Waals surface area contributed by atoms with E-state index in [9.17, 15) is 0 Å². The number of ether oxygens (including phenoxy) is 1. The average molecular weight is 268 g/mol. The minimum Gasteiger partial charge on any atom is -0.487 e. The summed E-state index contributed by atoms with van der Waals surface area (Å²) >= 11 is 6.33. The lowest BCUT2D eigenvalue weighted by atomic mass is 9.82. The lowest BCUT2D eigenvalue weighted by molar-refractivity contribution is 0.223. The summed E-state index contributed by atoms with van der Waals surface area (Å²) < 4.78 is 5.91. The third-order valence-corrected chi connectivity index (χ3v) is 4.20. The molecule has 3 heteroatoms. The van der Waals surface area contributed by atoms with Crippen LogP contribution in [-0.4, -0.2) is 19.2 Å². The Morgan fingerprint density at radius 2 is 2.22 bits per heavy atom. The van der Waals surface area contributed by atoms with E-state index in [0.29, 0.717) is 0 Å². The van der Waals surface area contributed by atoms with E-state index in [4.69, 9.17) is 16.3 Å². The standard InChI is InChI=1S/C15H22ClNO/c1-4-15(2,3)11-5-6-14(13(16)9-11)18-12-7-8-17-10-12/h5-6,9,12,17H,4,7-8,10H2,1-3H3/t12-/m1/s1. The Morgan fingerprint density at radius 1 is 1.44 bits per heavy atom. The Morgan fingerprint density at radius 3 is 2.78 bits per heavy atom. The maximum atomic E-state index is 6.33. The van der Waals surface area contributed by atoms with Gasteiger partial charge in [0.05, 0.1) is 5.02 Å². The van der Waals surface area contributed by atoms with Crippen LogP contribution in [0.25, 0.3) is 0 Å². The molecule has 2 rings (SSSR count). The normalized spacial score (nSPS) is 20.1. The summed E-state index contributed by atoms with van der Waals surface area (Å²) in [5.74, 6) is 0.806. The van der Waals surface area contributed by atoms with Gasteiger partial charge in [-0.05, 0) is 42.5 Å². The third-order valence-electron chi connectivity index (χ3n) is 3.91. The predicted molar refractivity (Wildman–Crippen MR) is 76.7 cm³/mol. The van der Waals surface area contributed by atoms with Crippen LogP contribution >= 0.6 is 11.6 Å². The summed E-state index contributed by atoms with van der Waals surface area (Å²) in [6, 6.07) is 6.18. The van der Waals surface area contributed by atoms with E-state index in [1.54, 1.807) is 0 Å². The van der Waals surface area contributed by atoms with Gasteiger partial charge in [-0.2, -0.15) is 0 Å². The van der Waals surface area contributed by atoms with Gasteiger partial charge in [0.15, 0.2) is 0 Å². The molecule has 1 saturated heterocycles. The van der Waals surface area contributed by atoms with Crippen molar-refractivity contribution in [3.63, 3.8) is 0 Å². The first-order chi connectivity index (χ1) is 8.53. The molecule has 100 valence electrons. The maximum Gasteiger partial charge on any atom is 0.138 e. The van der Waals surface area contributed by atoms with E-state index in [1.807, 2.05) is 12.1 Å². The SMILES string of the molecule is CCC(C)(C)c1ccc(O[C@@H]2CCNC2)c(Cl)c1. The second-order valence-electron chi connectivity index (χ2n) is 5.62. The molecule has 1 fully saturated rings. The minimum atomic E-state index is 0.164. The van der Waals surface area contributed by atoms with Crippen LogP contribution in [0, 0.1) is 0 Å². The second-order valence-corrected chi connectivity index (χ2v) is 6.02. The molecule has 1 aromatic carbocycles. The van der Waals surface area contributed by atoms with Crippen LogP contribution in [0.4, 0.5) is 0 Å². The lowest BCUT2D eigenvalue weighted by Crippen LogP contribution is -2.20.